The van der Waals surface area contributed by atoms with E-state index >= 15 is 0 Å². The third kappa shape index (κ3) is 9.44. The Balaban J connectivity index is 1.88. The van der Waals surface area contributed by atoms with Crippen molar-refractivity contribution in [2.45, 2.75) is 136 Å². The maximum atomic E-state index is 14.4. The van der Waals surface area contributed by atoms with Crippen LogP contribution in [0.3, 0.4) is 0 Å². The molecule has 1 saturated heterocycles. The van der Waals surface area contributed by atoms with Crippen LogP contribution in [0.25, 0.3) is 0 Å². The van der Waals surface area contributed by atoms with Crippen LogP contribution in [0.1, 0.15) is 113 Å². The minimum Gasteiger partial charge on any atom is -0.363 e. The van der Waals surface area contributed by atoms with Gasteiger partial charge in [0, 0.05) is 12.3 Å². The van der Waals surface area contributed by atoms with Crippen LogP contribution in [-0.2, 0) is 29.0 Å². The van der Waals surface area contributed by atoms with Gasteiger partial charge in [0.1, 0.15) is 12.1 Å². The minimum atomic E-state index is -3.39. The number of amides is 5. The summed E-state index contributed by atoms with van der Waals surface area (Å²) < 4.78 is 25.3. The Morgan fingerprint density at radius 3 is 2.00 bits per heavy atom. The van der Waals surface area contributed by atoms with Crippen molar-refractivity contribution in [3.63, 3.8) is 0 Å². The number of rotatable bonds is 12. The van der Waals surface area contributed by atoms with Crippen LogP contribution < -0.4 is 21.7 Å². The number of nitrogens with zero attached hydrogens (tertiary/aromatic N) is 1. The van der Waals surface area contributed by atoms with Crippen molar-refractivity contribution < 1.29 is 32.4 Å². The number of primary amides is 1. The van der Waals surface area contributed by atoms with E-state index in [4.69, 9.17) is 5.73 Å². The minimum absolute atomic E-state index is 0.0267. The van der Waals surface area contributed by atoms with Crippen LogP contribution in [0.4, 0.5) is 4.79 Å². The summed E-state index contributed by atoms with van der Waals surface area (Å²) in [6.45, 7) is 13.3. The fraction of sp³-hybridized carbons (Fsp3) is 0.848. The molecule has 0 aromatic heterocycles. The molecule has 0 bridgehead atoms. The molecule has 2 aliphatic carbocycles. The summed E-state index contributed by atoms with van der Waals surface area (Å²) >= 11 is 0. The average Bonchev–Trinajstić information content (AvgIpc) is 3.38. The molecule has 1 aliphatic heterocycles. The van der Waals surface area contributed by atoms with E-state index in [1.807, 2.05) is 41.5 Å². The van der Waals surface area contributed by atoms with Crippen molar-refractivity contribution in [1.29, 1.82) is 0 Å². The summed E-state index contributed by atoms with van der Waals surface area (Å²) in [5.74, 6) is -3.16. The lowest BCUT2D eigenvalue weighted by atomic mass is 9.75. The smallest absolute Gasteiger partial charge is 0.315 e. The first-order valence-corrected chi connectivity index (χ1v) is 18.8. The van der Waals surface area contributed by atoms with E-state index in [1.54, 1.807) is 6.92 Å². The number of Topliss-reactive ketones (excluding diaryl/α,β-unsaturated/α-hetero) is 1. The number of ketones is 1. The van der Waals surface area contributed by atoms with Gasteiger partial charge in [-0.25, -0.2) is 13.2 Å². The van der Waals surface area contributed by atoms with Gasteiger partial charge in [-0.15, -0.1) is 0 Å². The molecule has 5 N–H and O–H groups in total. The summed E-state index contributed by atoms with van der Waals surface area (Å²) in [6, 6.07) is -3.67. The average molecular weight is 668 g/mol. The van der Waals surface area contributed by atoms with Gasteiger partial charge in [-0.3, -0.25) is 19.2 Å². The molecule has 0 radical (unpaired) electrons. The topological polar surface area (TPSA) is 185 Å². The van der Waals surface area contributed by atoms with E-state index in [2.05, 4.69) is 16.0 Å². The molecule has 0 spiro atoms. The second-order valence-electron chi connectivity index (χ2n) is 16.0. The first-order chi connectivity index (χ1) is 21.2. The highest BCUT2D eigenvalue weighted by Crippen LogP contribution is 2.40. The van der Waals surface area contributed by atoms with Crippen molar-refractivity contribution in [3.05, 3.63) is 0 Å². The summed E-state index contributed by atoms with van der Waals surface area (Å²) in [7, 11) is -3.39. The van der Waals surface area contributed by atoms with E-state index in [0.717, 1.165) is 38.5 Å². The van der Waals surface area contributed by atoms with E-state index in [0.29, 0.717) is 25.7 Å². The zero-order chi connectivity index (χ0) is 34.7. The second kappa shape index (κ2) is 14.6. The van der Waals surface area contributed by atoms with Crippen molar-refractivity contribution >= 4 is 39.4 Å². The van der Waals surface area contributed by atoms with Crippen LogP contribution in [0, 0.1) is 22.7 Å². The van der Waals surface area contributed by atoms with Gasteiger partial charge >= 0.3 is 6.03 Å². The lowest BCUT2D eigenvalue weighted by Gasteiger charge is -2.41. The number of nitrogens with one attached hydrogen (secondary N) is 3. The fourth-order valence-corrected chi connectivity index (χ4v) is 8.68. The molecule has 3 unspecified atom stereocenters. The number of hydrogen-bond acceptors (Lipinski definition) is 7. The highest BCUT2D eigenvalue weighted by Gasteiger charge is 2.50. The SMILES string of the molecule is CCS(=O)(=O)CC1(NC(=O)N[C@H](C(=O)N2CCC(C(C)(C)C)C2C(=O)NC(CC2CCC2)C(=O)C(N)=O)C(C)(C)C)CCCCC1. The van der Waals surface area contributed by atoms with E-state index < -0.39 is 68.5 Å². The molecule has 0 aromatic carbocycles. The van der Waals surface area contributed by atoms with Gasteiger partial charge in [-0.2, -0.15) is 0 Å². The normalized spacial score (nSPS) is 23.5. The third-order valence-electron chi connectivity index (χ3n) is 10.2. The molecule has 5 amide bonds. The van der Waals surface area contributed by atoms with E-state index in [9.17, 15) is 32.4 Å². The first kappa shape index (κ1) is 37.8. The Bertz CT molecular complexity index is 1260. The maximum Gasteiger partial charge on any atom is 0.315 e. The van der Waals surface area contributed by atoms with Crippen molar-refractivity contribution in [1.82, 2.24) is 20.9 Å². The van der Waals surface area contributed by atoms with Gasteiger partial charge in [0.05, 0.1) is 17.3 Å². The summed E-state index contributed by atoms with van der Waals surface area (Å²) in [4.78, 5) is 68.1. The van der Waals surface area contributed by atoms with Gasteiger partial charge in [-0.05, 0) is 48.3 Å². The van der Waals surface area contributed by atoms with E-state index in [1.165, 1.54) is 4.90 Å². The van der Waals surface area contributed by atoms with Crippen LogP contribution in [0.2, 0.25) is 0 Å². The molecule has 262 valence electrons. The first-order valence-electron chi connectivity index (χ1n) is 16.9. The molecule has 3 aliphatic rings. The van der Waals surface area contributed by atoms with Gasteiger partial charge in [0.25, 0.3) is 5.91 Å². The number of sulfone groups is 1. The summed E-state index contributed by atoms with van der Waals surface area (Å²) in [6.07, 6.45) is 7.29. The molecule has 2 saturated carbocycles. The third-order valence-corrected chi connectivity index (χ3v) is 12.1. The predicted molar refractivity (Wildman–Crippen MR) is 176 cm³/mol. The lowest BCUT2D eigenvalue weighted by Crippen LogP contribution is -2.63. The molecule has 4 atom stereocenters. The Hall–Kier alpha value is -2.70. The molecule has 3 fully saturated rings. The summed E-state index contributed by atoms with van der Waals surface area (Å²) in [5.41, 5.74) is 3.28. The molecule has 1 heterocycles. The van der Waals surface area contributed by atoms with Crippen molar-refractivity contribution in [3.8, 4) is 0 Å². The largest absolute Gasteiger partial charge is 0.363 e. The highest BCUT2D eigenvalue weighted by molar-refractivity contribution is 7.91. The number of likely N-dealkylation sites (tertiary alicyclic amines) is 1. The van der Waals surface area contributed by atoms with Crippen LogP contribution in [0.15, 0.2) is 0 Å². The molecule has 0 aromatic rings. The predicted octanol–water partition coefficient (Wildman–Crippen LogP) is 2.83. The number of carbonyl (C=O) groups excluding carboxylic acids is 5. The maximum absolute atomic E-state index is 14.4. The molecule has 46 heavy (non-hydrogen) atoms. The van der Waals surface area contributed by atoms with E-state index in [-0.39, 0.29) is 35.3 Å². The monoisotopic (exact) mass is 667 g/mol. The van der Waals surface area contributed by atoms with Crippen LogP contribution >= 0.6 is 0 Å². The summed E-state index contributed by atoms with van der Waals surface area (Å²) in [5, 5.41) is 8.60. The Morgan fingerprint density at radius 1 is 0.913 bits per heavy atom. The quantitative estimate of drug-likeness (QED) is 0.231. The molecule has 12 nitrogen and oxygen atoms in total. The number of hydrogen-bond donors (Lipinski definition) is 4. The van der Waals surface area contributed by atoms with Crippen molar-refractivity contribution in [2.75, 3.05) is 18.1 Å². The second-order valence-corrected chi connectivity index (χ2v) is 18.3. The zero-order valence-electron chi connectivity index (χ0n) is 28.9. The van der Waals surface area contributed by atoms with Gasteiger partial charge in [0.15, 0.2) is 9.84 Å². The Labute approximate surface area is 275 Å². The van der Waals surface area contributed by atoms with Crippen LogP contribution in [0.5, 0.6) is 0 Å². The molecule has 13 heteroatoms. The number of nitrogens with two attached hydrogens (primary N) is 1. The molecular weight excluding hydrogens is 610 g/mol. The standard InChI is InChI=1S/C33H57N5O7S/c1-8-46(44,45)20-33(16-10-9-11-17-33)37-30(43)36-26(32(5,6)7)29(42)38-18-15-22(31(2,3)4)24(38)28(41)35-23(25(39)27(34)40)19-21-13-12-14-21/h21-24,26H,8-20H2,1-7H3,(H2,34,40)(H,35,41)(H2,36,37,43)/t22?,23?,24?,26-/m1/s1. The van der Waals surface area contributed by atoms with Gasteiger partial charge in [-0.1, -0.05) is 87.0 Å². The zero-order valence-corrected chi connectivity index (χ0v) is 29.7. The number of urea groups is 1. The van der Waals surface area contributed by atoms with Crippen molar-refractivity contribution in [2.24, 2.45) is 28.4 Å². The lowest BCUT2D eigenvalue weighted by molar-refractivity contribution is -0.145. The Morgan fingerprint density at radius 2 is 1.52 bits per heavy atom. The highest BCUT2D eigenvalue weighted by atomic mass is 32.2. The van der Waals surface area contributed by atoms with Crippen LogP contribution in [-0.4, -0.2) is 84.6 Å². The molecule has 3 rings (SSSR count). The number of carbonyl (C=O) groups is 5. The fourth-order valence-electron chi connectivity index (χ4n) is 7.27. The Kier molecular flexibility index (Phi) is 12.0. The van der Waals surface area contributed by atoms with Gasteiger partial charge < -0.3 is 26.6 Å². The molecular formula is C33H57N5O7S. The van der Waals surface area contributed by atoms with Gasteiger partial charge in [0.2, 0.25) is 17.6 Å².